The first-order chi connectivity index (χ1) is 39.9. The predicted molar refractivity (Wildman–Crippen MR) is 340 cm³/mol. The van der Waals surface area contributed by atoms with Crippen LogP contribution in [0.15, 0.2) is 135 Å². The molecule has 1 fully saturated rings. The number of carbonyl (C=O) groups is 5. The molecule has 1 aliphatic rings. The lowest BCUT2D eigenvalue weighted by molar-refractivity contribution is -0.124. The molecule has 84 heavy (non-hydrogen) atoms. The van der Waals surface area contributed by atoms with Crippen LogP contribution in [-0.2, 0) is 68.0 Å². The van der Waals surface area contributed by atoms with E-state index in [2.05, 4.69) is 132 Å². The van der Waals surface area contributed by atoms with Crippen LogP contribution in [0.5, 0.6) is 0 Å². The number of aryl methyl sites for hydroxylation is 4. The molecule has 12 nitrogen and oxygen atoms in total. The zero-order valence-corrected chi connectivity index (χ0v) is 52.9. The van der Waals surface area contributed by atoms with E-state index >= 15 is 0 Å². The van der Waals surface area contributed by atoms with Crippen molar-refractivity contribution in [3.63, 3.8) is 0 Å². The Balaban J connectivity index is 0.000000246. The minimum Gasteiger partial charge on any atom is -0.445 e. The zero-order valence-electron chi connectivity index (χ0n) is 52.9. The van der Waals surface area contributed by atoms with E-state index in [0.29, 0.717) is 80.3 Å². The van der Waals surface area contributed by atoms with E-state index < -0.39 is 6.09 Å². The van der Waals surface area contributed by atoms with Crippen LogP contribution in [0.1, 0.15) is 202 Å². The summed E-state index contributed by atoms with van der Waals surface area (Å²) in [5.74, 6) is 2.92. The van der Waals surface area contributed by atoms with Gasteiger partial charge in [-0.3, -0.25) is 44.0 Å². The quantitative estimate of drug-likeness (QED) is 0.0610. The summed E-state index contributed by atoms with van der Waals surface area (Å²) in [4.78, 5) is 79.2. The smallest absolute Gasteiger partial charge is 0.410 e. The molecule has 7 rings (SSSR count). The molecule has 5 heterocycles. The van der Waals surface area contributed by atoms with Crippen LogP contribution in [0.3, 0.4) is 0 Å². The summed E-state index contributed by atoms with van der Waals surface area (Å²) in [7, 11) is 0. The van der Waals surface area contributed by atoms with E-state index in [-0.39, 0.29) is 48.0 Å². The Hall–Kier alpha value is -7.05. The number of nitrogens with two attached hydrogens (primary N) is 1. The summed E-state index contributed by atoms with van der Waals surface area (Å²) in [6.45, 7) is 28.5. The molecule has 0 spiro atoms. The molecule has 0 aliphatic carbocycles. The van der Waals surface area contributed by atoms with Gasteiger partial charge >= 0.3 is 6.09 Å². The second-order valence-electron chi connectivity index (χ2n) is 24.8. The Morgan fingerprint density at radius 3 is 1.45 bits per heavy atom. The highest BCUT2D eigenvalue weighted by Crippen LogP contribution is 2.25. The standard InChI is InChI=1S/C23H28N2O3.C20H25NO.C16H25NO.C13H20N2O/c1-17(2)20-13-19(14-24-15-20)10-11-22(26)21-9-6-12-25(21)23(27)28-16-18-7-4-3-5-8-18;1-15(2)19-12-18(13-21-14-19)9-10-20(22)16(3)11-17-7-5-4-6-8-17;1-11(2)13(5)16(18)7-6-14-8-15(12(3)4)10-17-9-14;1-13(2,3)11-6-10(8-15-9-11)4-5-12(16)7-14/h3-5,7-8,13-15,17,21H,6,9-12,16H2,1-2H3;4-8,12-16H,9-11H2,1-3H3;8-13H,6-7H2,1-5H3;6,8-9H,4-5,7,14H2,1-3H3/t21-;;13-;/m0.0./s1. The minimum absolute atomic E-state index is 0.0728. The lowest BCUT2D eigenvalue weighted by Crippen LogP contribution is -2.40. The third kappa shape index (κ3) is 25.0. The van der Waals surface area contributed by atoms with Crippen molar-refractivity contribution >= 4 is 29.2 Å². The van der Waals surface area contributed by atoms with Crippen LogP contribution in [-0.4, -0.2) is 73.2 Å². The van der Waals surface area contributed by atoms with Crippen LogP contribution < -0.4 is 5.73 Å². The topological polar surface area (TPSA) is 175 Å². The third-order valence-electron chi connectivity index (χ3n) is 15.5. The number of ketones is 4. The van der Waals surface area contributed by atoms with Gasteiger partial charge in [0, 0.05) is 93.6 Å². The van der Waals surface area contributed by atoms with Crippen molar-refractivity contribution in [3.8, 4) is 0 Å². The Kier molecular flexibility index (Phi) is 29.7. The molecule has 0 bridgehead atoms. The van der Waals surface area contributed by atoms with Gasteiger partial charge in [-0.25, -0.2) is 4.79 Å². The highest BCUT2D eigenvalue weighted by molar-refractivity contribution is 5.88. The van der Waals surface area contributed by atoms with E-state index in [0.717, 1.165) is 54.4 Å². The van der Waals surface area contributed by atoms with Crippen LogP contribution in [0, 0.1) is 17.8 Å². The van der Waals surface area contributed by atoms with E-state index in [1.807, 2.05) is 112 Å². The van der Waals surface area contributed by atoms with Gasteiger partial charge in [0.1, 0.15) is 24.0 Å². The molecule has 1 saturated heterocycles. The van der Waals surface area contributed by atoms with Crippen LogP contribution in [0.25, 0.3) is 0 Å². The maximum atomic E-state index is 12.8. The Bertz CT molecular complexity index is 2950. The molecule has 2 N–H and O–H groups in total. The summed E-state index contributed by atoms with van der Waals surface area (Å²) in [6, 6.07) is 28.0. The molecule has 3 atom stereocenters. The number of rotatable bonds is 24. The predicted octanol–water partition coefficient (Wildman–Crippen LogP) is 14.9. The van der Waals surface area contributed by atoms with Crippen molar-refractivity contribution < 1.29 is 28.7 Å². The van der Waals surface area contributed by atoms with Crippen LogP contribution in [0.4, 0.5) is 4.79 Å². The van der Waals surface area contributed by atoms with Crippen molar-refractivity contribution in [2.24, 2.45) is 23.5 Å². The molecular weight excluding hydrogens is 1040 g/mol. The summed E-state index contributed by atoms with van der Waals surface area (Å²) in [5, 5.41) is 0. The highest BCUT2D eigenvalue weighted by Gasteiger charge is 2.34. The molecular formula is C72H98N6O6. The molecule has 0 radical (unpaired) electrons. The molecule has 452 valence electrons. The summed E-state index contributed by atoms with van der Waals surface area (Å²) >= 11 is 0. The number of ether oxygens (including phenoxy) is 1. The molecule has 1 aliphatic heterocycles. The van der Waals surface area contributed by atoms with Gasteiger partial charge in [-0.2, -0.15) is 0 Å². The van der Waals surface area contributed by atoms with Gasteiger partial charge in [0.15, 0.2) is 5.78 Å². The Morgan fingerprint density at radius 2 is 0.988 bits per heavy atom. The monoisotopic (exact) mass is 1140 g/mol. The average molecular weight is 1140 g/mol. The fourth-order valence-electron chi connectivity index (χ4n) is 9.32. The number of hydrogen-bond donors (Lipinski definition) is 1. The summed E-state index contributed by atoms with van der Waals surface area (Å²) < 4.78 is 5.42. The SMILES string of the molecule is CC(C)(C)c1cncc(CCC(=O)CN)c1.CC(C)c1cncc(CCC(=O)[C@@H](C)C(C)C)c1.CC(C)c1cncc(CCC(=O)[C@@H]2CCCN2C(=O)OCc2ccccc2)c1.CC(Cc1ccccc1)C(=O)CCc1cncc(C(C)C)c1. The molecule has 2 aromatic carbocycles. The van der Waals surface area contributed by atoms with E-state index in [1.54, 1.807) is 4.90 Å². The second-order valence-corrected chi connectivity index (χ2v) is 24.8. The summed E-state index contributed by atoms with van der Waals surface area (Å²) in [5.41, 5.74) is 16.9. The number of carbonyl (C=O) groups excluding carboxylic acids is 5. The lowest BCUT2D eigenvalue weighted by atomic mass is 9.87. The second kappa shape index (κ2) is 35.9. The number of aromatic nitrogens is 4. The highest BCUT2D eigenvalue weighted by atomic mass is 16.6. The van der Waals surface area contributed by atoms with Gasteiger partial charge in [-0.1, -0.05) is 175 Å². The molecule has 1 unspecified atom stereocenters. The number of Topliss-reactive ketones (excluding diaryl/α,β-unsaturated/α-hetero) is 4. The molecule has 0 saturated carbocycles. The van der Waals surface area contributed by atoms with E-state index in [1.165, 1.54) is 33.4 Å². The summed E-state index contributed by atoms with van der Waals surface area (Å²) in [6.07, 6.45) is 22.0. The lowest BCUT2D eigenvalue weighted by Gasteiger charge is -2.23. The zero-order chi connectivity index (χ0) is 61.8. The average Bonchev–Trinajstić information content (AvgIpc) is 4.01. The van der Waals surface area contributed by atoms with Gasteiger partial charge in [0.2, 0.25) is 0 Å². The fraction of sp³-hybridized carbons (Fsp3) is 0.486. The normalized spacial score (nSPS) is 13.7. The van der Waals surface area contributed by atoms with Gasteiger partial charge < -0.3 is 10.5 Å². The van der Waals surface area contributed by atoms with Gasteiger partial charge in [-0.15, -0.1) is 0 Å². The number of hydrogen-bond acceptors (Lipinski definition) is 11. The van der Waals surface area contributed by atoms with Crippen molar-refractivity contribution in [3.05, 3.63) is 190 Å². The fourth-order valence-corrected chi connectivity index (χ4v) is 9.32. The van der Waals surface area contributed by atoms with Crippen LogP contribution >= 0.6 is 0 Å². The van der Waals surface area contributed by atoms with Crippen molar-refractivity contribution in [2.75, 3.05) is 13.1 Å². The largest absolute Gasteiger partial charge is 0.445 e. The van der Waals surface area contributed by atoms with Crippen molar-refractivity contribution in [1.82, 2.24) is 24.8 Å². The van der Waals surface area contributed by atoms with Gasteiger partial charge in [0.05, 0.1) is 12.6 Å². The first-order valence-electron chi connectivity index (χ1n) is 30.5. The number of benzene rings is 2. The van der Waals surface area contributed by atoms with Crippen molar-refractivity contribution in [1.29, 1.82) is 0 Å². The molecule has 6 aromatic rings. The maximum absolute atomic E-state index is 12.8. The molecule has 4 aromatic heterocycles. The number of likely N-dealkylation sites (tertiary alicyclic amines) is 1. The number of pyridine rings is 4. The molecule has 12 heteroatoms. The third-order valence-corrected chi connectivity index (χ3v) is 15.5. The van der Waals surface area contributed by atoms with Crippen molar-refractivity contribution in [2.45, 2.75) is 196 Å². The van der Waals surface area contributed by atoms with Gasteiger partial charge in [-0.05, 0) is 130 Å². The first kappa shape index (κ1) is 69.4. The minimum atomic E-state index is -0.400. The number of nitrogens with zero attached hydrogens (tertiary/aromatic N) is 5. The number of amides is 1. The Labute approximate surface area is 503 Å². The first-order valence-corrected chi connectivity index (χ1v) is 30.5. The van der Waals surface area contributed by atoms with Gasteiger partial charge in [0.25, 0.3) is 0 Å². The van der Waals surface area contributed by atoms with E-state index in [9.17, 15) is 24.0 Å². The van der Waals surface area contributed by atoms with E-state index in [4.69, 9.17) is 10.5 Å². The molecule has 1 amide bonds. The van der Waals surface area contributed by atoms with Crippen LogP contribution in [0.2, 0.25) is 0 Å². The maximum Gasteiger partial charge on any atom is 0.410 e. The Morgan fingerprint density at radius 1 is 0.548 bits per heavy atom.